The van der Waals surface area contributed by atoms with Crippen LogP contribution in [-0.4, -0.2) is 9.96 Å². The zero-order valence-electron chi connectivity index (χ0n) is 8.49. The third-order valence-corrected chi connectivity index (χ3v) is 4.20. The van der Waals surface area contributed by atoms with Gasteiger partial charge in [-0.1, -0.05) is 26.0 Å². The third kappa shape index (κ3) is 1.51. The van der Waals surface area contributed by atoms with Crippen LogP contribution in [-0.2, 0) is 10.8 Å². The summed E-state index contributed by atoms with van der Waals surface area (Å²) < 4.78 is 11.6. The summed E-state index contributed by atoms with van der Waals surface area (Å²) in [6, 6.07) is 6.09. The summed E-state index contributed by atoms with van der Waals surface area (Å²) in [6.07, 6.45) is 0. The highest BCUT2D eigenvalue weighted by Gasteiger charge is 2.25. The summed E-state index contributed by atoms with van der Waals surface area (Å²) in [7, 11) is -0.874. The molecule has 0 radical (unpaired) electrons. The zero-order valence-corrected chi connectivity index (χ0v) is 9.30. The fourth-order valence-corrected chi connectivity index (χ4v) is 3.14. The van der Waals surface area contributed by atoms with Crippen molar-refractivity contribution < 1.29 is 4.21 Å². The first kappa shape index (κ1) is 9.87. The monoisotopic (exact) mass is 209 g/mol. The van der Waals surface area contributed by atoms with Crippen LogP contribution in [0.2, 0.25) is 0 Å². The van der Waals surface area contributed by atoms with Crippen molar-refractivity contribution in [2.45, 2.75) is 30.7 Å². The molecule has 2 nitrogen and oxygen atoms in total. The molecule has 0 amide bonds. The molecule has 1 aliphatic rings. The van der Waals surface area contributed by atoms with E-state index in [9.17, 15) is 4.21 Å². The molecule has 0 bridgehead atoms. The van der Waals surface area contributed by atoms with Gasteiger partial charge >= 0.3 is 0 Å². The topological polar surface area (TPSA) is 43.1 Å². The molecule has 2 rings (SSSR count). The lowest BCUT2D eigenvalue weighted by atomic mass is 9.99. The molecule has 1 heterocycles. The molecule has 0 spiro atoms. The molecule has 14 heavy (non-hydrogen) atoms. The van der Waals surface area contributed by atoms with Crippen molar-refractivity contribution in [3.05, 3.63) is 29.3 Å². The number of benzene rings is 1. The Hall–Kier alpha value is -0.670. The fraction of sp³-hybridized carbons (Fsp3) is 0.455. The lowest BCUT2D eigenvalue weighted by Crippen LogP contribution is -2.10. The van der Waals surface area contributed by atoms with Crippen molar-refractivity contribution in [2.75, 3.05) is 5.75 Å². The molecule has 1 aromatic carbocycles. The van der Waals surface area contributed by atoms with Crippen LogP contribution < -0.4 is 5.73 Å². The number of nitrogens with two attached hydrogens (primary N) is 1. The maximum absolute atomic E-state index is 11.6. The predicted molar refractivity (Wildman–Crippen MR) is 58.7 cm³/mol. The van der Waals surface area contributed by atoms with Crippen LogP contribution in [0.25, 0.3) is 0 Å². The van der Waals surface area contributed by atoms with Gasteiger partial charge in [-0.3, -0.25) is 4.21 Å². The first-order chi connectivity index (χ1) is 6.59. The molecule has 2 unspecified atom stereocenters. The second kappa shape index (κ2) is 3.48. The average molecular weight is 209 g/mol. The van der Waals surface area contributed by atoms with E-state index in [0.717, 1.165) is 10.5 Å². The van der Waals surface area contributed by atoms with Crippen molar-refractivity contribution in [2.24, 2.45) is 5.73 Å². The van der Waals surface area contributed by atoms with Crippen LogP contribution in [0.5, 0.6) is 0 Å². The van der Waals surface area contributed by atoms with Gasteiger partial charge in [-0.15, -0.1) is 0 Å². The highest BCUT2D eigenvalue weighted by atomic mass is 32.2. The summed E-state index contributed by atoms with van der Waals surface area (Å²) in [5.74, 6) is 1.08. The minimum absolute atomic E-state index is 0.0375. The Labute approximate surface area is 87.0 Å². The van der Waals surface area contributed by atoms with E-state index in [-0.39, 0.29) is 6.04 Å². The molecule has 0 saturated heterocycles. The molecule has 0 aliphatic carbocycles. The van der Waals surface area contributed by atoms with Crippen LogP contribution in [0, 0.1) is 0 Å². The molecule has 2 atom stereocenters. The minimum Gasteiger partial charge on any atom is -0.323 e. The quantitative estimate of drug-likeness (QED) is 0.768. The van der Waals surface area contributed by atoms with Gasteiger partial charge in [0.15, 0.2) is 0 Å². The number of hydrogen-bond acceptors (Lipinski definition) is 2. The Morgan fingerprint density at radius 1 is 1.50 bits per heavy atom. The molecule has 76 valence electrons. The van der Waals surface area contributed by atoms with E-state index in [2.05, 4.69) is 26.0 Å². The normalized spacial score (nSPS) is 25.4. The van der Waals surface area contributed by atoms with Gasteiger partial charge in [0.25, 0.3) is 0 Å². The summed E-state index contributed by atoms with van der Waals surface area (Å²) >= 11 is 0. The molecular weight excluding hydrogens is 194 g/mol. The van der Waals surface area contributed by atoms with Crippen molar-refractivity contribution in [1.29, 1.82) is 0 Å². The second-order valence-electron chi connectivity index (χ2n) is 4.07. The summed E-state index contributed by atoms with van der Waals surface area (Å²) in [5.41, 5.74) is 8.27. The van der Waals surface area contributed by atoms with Gasteiger partial charge in [-0.05, 0) is 23.1 Å². The van der Waals surface area contributed by atoms with E-state index in [1.165, 1.54) is 5.56 Å². The van der Waals surface area contributed by atoms with E-state index in [1.54, 1.807) is 0 Å². The van der Waals surface area contributed by atoms with Crippen LogP contribution in [0.15, 0.2) is 23.1 Å². The summed E-state index contributed by atoms with van der Waals surface area (Å²) in [6.45, 7) is 4.30. The molecule has 0 fully saturated rings. The van der Waals surface area contributed by atoms with Crippen LogP contribution in [0.1, 0.15) is 36.9 Å². The smallest absolute Gasteiger partial charge is 0.0552 e. The highest BCUT2D eigenvalue weighted by Crippen LogP contribution is 2.31. The molecule has 1 aliphatic heterocycles. The standard InChI is InChI=1S/C11H15NOS/c1-7(2)8-3-4-11-9(5-8)10(12)6-14(11)13/h3-5,7,10H,6,12H2,1-2H3. The number of hydrogen-bond donors (Lipinski definition) is 1. The van der Waals surface area contributed by atoms with Crippen LogP contribution in [0.3, 0.4) is 0 Å². The Bertz CT molecular complexity index is 387. The minimum atomic E-state index is -0.874. The number of rotatable bonds is 1. The van der Waals surface area contributed by atoms with Gasteiger partial charge in [-0.25, -0.2) is 0 Å². The average Bonchev–Trinajstić information content (AvgIpc) is 2.42. The number of fused-ring (bicyclic) bond motifs is 1. The Balaban J connectivity index is 2.50. The Kier molecular flexibility index (Phi) is 2.45. The summed E-state index contributed by atoms with van der Waals surface area (Å²) in [5, 5.41) is 0. The molecule has 3 heteroatoms. The lowest BCUT2D eigenvalue weighted by Gasteiger charge is -2.09. The van der Waals surface area contributed by atoms with Crippen molar-refractivity contribution in [3.63, 3.8) is 0 Å². The SMILES string of the molecule is CC(C)c1ccc2c(c1)C(N)CS2=O. The predicted octanol–water partition coefficient (Wildman–Crippen LogP) is 1.93. The molecule has 2 N–H and O–H groups in total. The van der Waals surface area contributed by atoms with Crippen LogP contribution >= 0.6 is 0 Å². The Morgan fingerprint density at radius 2 is 2.21 bits per heavy atom. The van der Waals surface area contributed by atoms with E-state index in [0.29, 0.717) is 11.7 Å². The zero-order chi connectivity index (χ0) is 10.3. The lowest BCUT2D eigenvalue weighted by molar-refractivity contribution is 0.683. The highest BCUT2D eigenvalue weighted by molar-refractivity contribution is 7.85. The molecular formula is C11H15NOS. The third-order valence-electron chi connectivity index (χ3n) is 2.68. The van der Waals surface area contributed by atoms with E-state index < -0.39 is 10.8 Å². The maximum atomic E-state index is 11.6. The van der Waals surface area contributed by atoms with Gasteiger partial charge in [0.1, 0.15) is 0 Å². The van der Waals surface area contributed by atoms with E-state index >= 15 is 0 Å². The first-order valence-electron chi connectivity index (χ1n) is 4.87. The second-order valence-corrected chi connectivity index (χ2v) is 5.53. The van der Waals surface area contributed by atoms with Gasteiger partial charge in [0, 0.05) is 16.7 Å². The first-order valence-corrected chi connectivity index (χ1v) is 6.19. The van der Waals surface area contributed by atoms with Crippen LogP contribution in [0.4, 0.5) is 0 Å². The van der Waals surface area contributed by atoms with Gasteiger partial charge in [0.2, 0.25) is 0 Å². The van der Waals surface area contributed by atoms with Gasteiger partial charge in [0.05, 0.1) is 10.8 Å². The Morgan fingerprint density at radius 3 is 2.86 bits per heavy atom. The van der Waals surface area contributed by atoms with E-state index in [4.69, 9.17) is 5.73 Å². The molecule has 1 aromatic rings. The largest absolute Gasteiger partial charge is 0.323 e. The van der Waals surface area contributed by atoms with Gasteiger partial charge in [-0.2, -0.15) is 0 Å². The van der Waals surface area contributed by atoms with Crippen molar-refractivity contribution >= 4 is 10.8 Å². The fourth-order valence-electron chi connectivity index (χ4n) is 1.77. The van der Waals surface area contributed by atoms with Gasteiger partial charge < -0.3 is 5.73 Å². The van der Waals surface area contributed by atoms with Crippen molar-refractivity contribution in [1.82, 2.24) is 0 Å². The van der Waals surface area contributed by atoms with Crippen molar-refractivity contribution in [3.8, 4) is 0 Å². The molecule has 0 aromatic heterocycles. The maximum Gasteiger partial charge on any atom is 0.0552 e. The van der Waals surface area contributed by atoms with E-state index in [1.807, 2.05) is 6.07 Å². The molecule has 0 saturated carbocycles. The summed E-state index contributed by atoms with van der Waals surface area (Å²) in [4.78, 5) is 0.932.